The Morgan fingerprint density at radius 2 is 1.86 bits per heavy atom. The smallest absolute Gasteiger partial charge is 0.185 e. The second kappa shape index (κ2) is 6.32. The second-order valence-electron chi connectivity index (χ2n) is 4.73. The quantitative estimate of drug-likeness (QED) is 0.604. The molecule has 3 rings (SSSR count). The molecule has 0 aromatic heterocycles. The van der Waals surface area contributed by atoms with Crippen molar-refractivity contribution in [3.63, 3.8) is 0 Å². The Balaban J connectivity index is 1.78. The molecule has 0 aliphatic carbocycles. The van der Waals surface area contributed by atoms with E-state index in [2.05, 4.69) is 15.9 Å². The number of hydrogen-bond acceptors (Lipinski definition) is 3. The van der Waals surface area contributed by atoms with Crippen LogP contribution < -0.4 is 9.47 Å². The molecule has 2 aromatic carbocycles. The van der Waals surface area contributed by atoms with Gasteiger partial charge in [-0.15, -0.1) is 0 Å². The van der Waals surface area contributed by atoms with Crippen LogP contribution in [0.3, 0.4) is 0 Å². The van der Waals surface area contributed by atoms with Crippen LogP contribution in [0, 0.1) is 5.82 Å². The summed E-state index contributed by atoms with van der Waals surface area (Å²) in [5.41, 5.74) is 1.25. The monoisotopic (exact) mass is 362 g/mol. The Kier molecular flexibility index (Phi) is 4.24. The lowest BCUT2D eigenvalue weighted by atomic mass is 10.1. The van der Waals surface area contributed by atoms with Gasteiger partial charge in [0.15, 0.2) is 17.3 Å². The molecule has 0 unspecified atom stereocenters. The highest BCUT2D eigenvalue weighted by Gasteiger charge is 2.11. The zero-order valence-corrected chi connectivity index (χ0v) is 13.1. The minimum Gasteiger partial charge on any atom is -0.486 e. The molecule has 112 valence electrons. The maximum absolute atomic E-state index is 13.2. The van der Waals surface area contributed by atoms with E-state index in [0.717, 1.165) is 5.56 Å². The van der Waals surface area contributed by atoms with E-state index in [9.17, 15) is 9.18 Å². The van der Waals surface area contributed by atoms with Crippen LogP contribution in [0.4, 0.5) is 4.39 Å². The first-order chi connectivity index (χ1) is 10.6. The first-order valence-electron chi connectivity index (χ1n) is 6.70. The molecule has 0 spiro atoms. The molecule has 2 aromatic rings. The van der Waals surface area contributed by atoms with Gasteiger partial charge in [-0.1, -0.05) is 12.1 Å². The summed E-state index contributed by atoms with van der Waals surface area (Å²) in [6.45, 7) is 1.06. The Morgan fingerprint density at radius 1 is 1.09 bits per heavy atom. The van der Waals surface area contributed by atoms with E-state index in [1.807, 2.05) is 18.2 Å². The number of fused-ring (bicyclic) bond motifs is 1. The minimum atomic E-state index is -0.396. The van der Waals surface area contributed by atoms with Crippen molar-refractivity contribution in [1.82, 2.24) is 0 Å². The van der Waals surface area contributed by atoms with Gasteiger partial charge in [0.2, 0.25) is 0 Å². The van der Waals surface area contributed by atoms with Gasteiger partial charge in [0.05, 0.1) is 4.47 Å². The Hall–Kier alpha value is -2.14. The van der Waals surface area contributed by atoms with E-state index < -0.39 is 5.82 Å². The fourth-order valence-corrected chi connectivity index (χ4v) is 2.46. The molecule has 0 bridgehead atoms. The first kappa shape index (κ1) is 14.8. The van der Waals surface area contributed by atoms with E-state index in [-0.39, 0.29) is 10.3 Å². The average Bonchev–Trinajstić information content (AvgIpc) is 2.55. The normalized spacial score (nSPS) is 13.4. The zero-order chi connectivity index (χ0) is 15.5. The predicted octanol–water partition coefficient (Wildman–Crippen LogP) is 4.26. The maximum Gasteiger partial charge on any atom is 0.185 e. The fraction of sp³-hybridized carbons (Fsp3) is 0.118. The van der Waals surface area contributed by atoms with Crippen molar-refractivity contribution in [2.75, 3.05) is 13.2 Å². The lowest BCUT2D eigenvalue weighted by Crippen LogP contribution is -2.15. The van der Waals surface area contributed by atoms with Crippen LogP contribution >= 0.6 is 15.9 Å². The van der Waals surface area contributed by atoms with Crippen LogP contribution in [-0.2, 0) is 0 Å². The van der Waals surface area contributed by atoms with Crippen molar-refractivity contribution in [2.24, 2.45) is 0 Å². The van der Waals surface area contributed by atoms with E-state index >= 15 is 0 Å². The highest BCUT2D eigenvalue weighted by atomic mass is 79.9. The van der Waals surface area contributed by atoms with Crippen molar-refractivity contribution < 1.29 is 18.7 Å². The summed E-state index contributed by atoms with van der Waals surface area (Å²) in [7, 11) is 0. The van der Waals surface area contributed by atoms with E-state index in [0.29, 0.717) is 30.3 Å². The summed E-state index contributed by atoms with van der Waals surface area (Å²) < 4.78 is 24.4. The number of rotatable bonds is 3. The second-order valence-corrected chi connectivity index (χ2v) is 5.58. The molecule has 0 saturated heterocycles. The highest BCUT2D eigenvalue weighted by molar-refractivity contribution is 9.10. The molecule has 0 N–H and O–H groups in total. The molecular weight excluding hydrogens is 351 g/mol. The predicted molar refractivity (Wildman–Crippen MR) is 84.9 cm³/mol. The average molecular weight is 363 g/mol. The van der Waals surface area contributed by atoms with Crippen LogP contribution in [0.25, 0.3) is 6.08 Å². The van der Waals surface area contributed by atoms with Crippen molar-refractivity contribution in [3.8, 4) is 11.5 Å². The number of halogens is 2. The number of ketones is 1. The molecule has 0 radical (unpaired) electrons. The van der Waals surface area contributed by atoms with Gasteiger partial charge in [0, 0.05) is 5.56 Å². The third-order valence-electron chi connectivity index (χ3n) is 3.20. The van der Waals surface area contributed by atoms with Crippen LogP contribution in [0.2, 0.25) is 0 Å². The standard InChI is InChI=1S/C17H12BrFO3/c18-13-10-12(3-4-14(13)19)15(20)5-1-11-2-6-16-17(9-11)22-8-7-21-16/h1-6,9-10H,7-8H2/b5-1+. The van der Waals surface area contributed by atoms with Crippen molar-refractivity contribution in [3.05, 3.63) is 63.9 Å². The van der Waals surface area contributed by atoms with Gasteiger partial charge in [-0.25, -0.2) is 4.39 Å². The molecule has 0 saturated carbocycles. The maximum atomic E-state index is 13.2. The SMILES string of the molecule is O=C(/C=C/c1ccc2c(c1)OCCO2)c1ccc(F)c(Br)c1. The summed E-state index contributed by atoms with van der Waals surface area (Å²) in [5, 5.41) is 0. The van der Waals surface area contributed by atoms with Crippen LogP contribution in [0.15, 0.2) is 46.9 Å². The molecule has 1 aliphatic rings. The Labute approximate surface area is 135 Å². The van der Waals surface area contributed by atoms with Gasteiger partial charge in [0.25, 0.3) is 0 Å². The van der Waals surface area contributed by atoms with Crippen molar-refractivity contribution in [2.45, 2.75) is 0 Å². The molecule has 0 fully saturated rings. The van der Waals surface area contributed by atoms with E-state index in [1.165, 1.54) is 24.3 Å². The number of allylic oxidation sites excluding steroid dienone is 1. The summed E-state index contributed by atoms with van der Waals surface area (Å²) in [5.74, 6) is 0.783. The molecule has 3 nitrogen and oxygen atoms in total. The zero-order valence-electron chi connectivity index (χ0n) is 11.5. The molecule has 0 atom stereocenters. The third kappa shape index (κ3) is 3.20. The molecule has 0 amide bonds. The van der Waals surface area contributed by atoms with Crippen LogP contribution in [-0.4, -0.2) is 19.0 Å². The summed E-state index contributed by atoms with van der Waals surface area (Å²) >= 11 is 3.07. The van der Waals surface area contributed by atoms with Gasteiger partial charge in [-0.05, 0) is 57.9 Å². The van der Waals surface area contributed by atoms with Crippen molar-refractivity contribution >= 4 is 27.8 Å². The van der Waals surface area contributed by atoms with Gasteiger partial charge in [-0.3, -0.25) is 4.79 Å². The Bertz CT molecular complexity index is 756. The number of hydrogen-bond donors (Lipinski definition) is 0. The van der Waals surface area contributed by atoms with E-state index in [4.69, 9.17) is 9.47 Å². The number of carbonyl (C=O) groups excluding carboxylic acids is 1. The molecule has 1 heterocycles. The number of carbonyl (C=O) groups is 1. The lowest BCUT2D eigenvalue weighted by molar-refractivity contribution is 0.104. The minimum absolute atomic E-state index is 0.199. The number of ether oxygens (including phenoxy) is 2. The molecule has 1 aliphatic heterocycles. The van der Waals surface area contributed by atoms with Gasteiger partial charge in [0.1, 0.15) is 19.0 Å². The largest absolute Gasteiger partial charge is 0.486 e. The van der Waals surface area contributed by atoms with Gasteiger partial charge >= 0.3 is 0 Å². The summed E-state index contributed by atoms with van der Waals surface area (Å²) in [6.07, 6.45) is 3.14. The lowest BCUT2D eigenvalue weighted by Gasteiger charge is -2.18. The molecular formula is C17H12BrFO3. The Morgan fingerprint density at radius 3 is 2.64 bits per heavy atom. The molecule has 5 heteroatoms. The third-order valence-corrected chi connectivity index (χ3v) is 3.81. The van der Waals surface area contributed by atoms with Crippen LogP contribution in [0.5, 0.6) is 11.5 Å². The van der Waals surface area contributed by atoms with Gasteiger partial charge < -0.3 is 9.47 Å². The number of benzene rings is 2. The van der Waals surface area contributed by atoms with Crippen LogP contribution in [0.1, 0.15) is 15.9 Å². The summed E-state index contributed by atoms with van der Waals surface area (Å²) in [4.78, 5) is 12.1. The fourth-order valence-electron chi connectivity index (χ4n) is 2.08. The molecule has 22 heavy (non-hydrogen) atoms. The first-order valence-corrected chi connectivity index (χ1v) is 7.50. The summed E-state index contributed by atoms with van der Waals surface area (Å²) in [6, 6.07) is 9.65. The highest BCUT2D eigenvalue weighted by Crippen LogP contribution is 2.31. The topological polar surface area (TPSA) is 35.5 Å². The van der Waals surface area contributed by atoms with E-state index in [1.54, 1.807) is 6.08 Å². The van der Waals surface area contributed by atoms with Crippen molar-refractivity contribution in [1.29, 1.82) is 0 Å². The van der Waals surface area contributed by atoms with Gasteiger partial charge in [-0.2, -0.15) is 0 Å².